The first-order valence-corrected chi connectivity index (χ1v) is 12.2. The number of amides is 1. The van der Waals surface area contributed by atoms with Gasteiger partial charge < -0.3 is 10.1 Å². The maximum absolute atomic E-state index is 12.9. The molecule has 1 saturated heterocycles. The number of benzene rings is 1. The molecule has 2 heterocycles. The number of aryl methyl sites for hydroxylation is 1. The summed E-state index contributed by atoms with van der Waals surface area (Å²) in [6.45, 7) is 5.08. The van der Waals surface area contributed by atoms with Crippen LogP contribution in [0.4, 0.5) is 0 Å². The van der Waals surface area contributed by atoms with Crippen molar-refractivity contribution in [2.45, 2.75) is 38.1 Å². The molecule has 30 heavy (non-hydrogen) atoms. The van der Waals surface area contributed by atoms with Crippen LogP contribution in [0.1, 0.15) is 39.9 Å². The molecule has 0 aliphatic carbocycles. The molecule has 3 rings (SSSR count). The van der Waals surface area contributed by atoms with E-state index in [2.05, 4.69) is 5.32 Å². The van der Waals surface area contributed by atoms with E-state index in [9.17, 15) is 18.0 Å². The summed E-state index contributed by atoms with van der Waals surface area (Å²) < 4.78 is 32.1. The zero-order valence-corrected chi connectivity index (χ0v) is 18.7. The Hall–Kier alpha value is -2.23. The maximum atomic E-state index is 12.9. The number of rotatable bonds is 7. The van der Waals surface area contributed by atoms with Gasteiger partial charge in [-0.05, 0) is 63.1 Å². The molecule has 1 fully saturated rings. The van der Waals surface area contributed by atoms with Crippen molar-refractivity contribution < 1.29 is 22.7 Å². The Labute approximate surface area is 181 Å². The average molecular weight is 451 g/mol. The first-order valence-electron chi connectivity index (χ1n) is 9.91. The van der Waals surface area contributed by atoms with Gasteiger partial charge in [0.25, 0.3) is 0 Å². The average Bonchev–Trinajstić information content (AvgIpc) is 3.17. The maximum Gasteiger partial charge on any atom is 0.338 e. The number of carbonyl (C=O) groups excluding carboxylic acids is 2. The fraction of sp³-hybridized carbons (Fsp3) is 0.429. The summed E-state index contributed by atoms with van der Waals surface area (Å²) in [6.07, 6.45) is 0.963. The minimum Gasteiger partial charge on any atom is -0.462 e. The number of esters is 1. The van der Waals surface area contributed by atoms with E-state index in [4.69, 9.17) is 4.74 Å². The van der Waals surface area contributed by atoms with Gasteiger partial charge >= 0.3 is 5.97 Å². The second-order valence-corrected chi connectivity index (χ2v) is 10.5. The van der Waals surface area contributed by atoms with Crippen molar-refractivity contribution in [2.24, 2.45) is 5.92 Å². The van der Waals surface area contributed by atoms with Crippen LogP contribution in [-0.4, -0.2) is 44.3 Å². The lowest BCUT2D eigenvalue weighted by atomic mass is 9.97. The molecule has 1 amide bonds. The molecule has 2 aromatic rings. The topological polar surface area (TPSA) is 92.8 Å². The molecule has 1 N–H and O–H groups in total. The van der Waals surface area contributed by atoms with Crippen LogP contribution in [-0.2, 0) is 26.1 Å². The highest BCUT2D eigenvalue weighted by Gasteiger charge is 2.32. The van der Waals surface area contributed by atoms with Crippen LogP contribution < -0.4 is 5.32 Å². The van der Waals surface area contributed by atoms with Gasteiger partial charge in [0, 0.05) is 28.8 Å². The largest absolute Gasteiger partial charge is 0.462 e. The van der Waals surface area contributed by atoms with Crippen LogP contribution in [0.3, 0.4) is 0 Å². The molecule has 7 nitrogen and oxygen atoms in total. The molecule has 0 spiro atoms. The van der Waals surface area contributed by atoms with E-state index in [1.54, 1.807) is 18.3 Å². The molecule has 0 radical (unpaired) electrons. The SMILES string of the molecule is CCOC(=O)c1ccc(S(=O)(=O)N2CCC(C(=O)NCc3ccc(C)s3)CC2)cc1. The molecule has 0 bridgehead atoms. The van der Waals surface area contributed by atoms with Gasteiger partial charge in [-0.25, -0.2) is 13.2 Å². The minimum absolute atomic E-state index is 0.0307. The third-order valence-electron chi connectivity index (χ3n) is 5.06. The van der Waals surface area contributed by atoms with Gasteiger partial charge in [-0.1, -0.05) is 0 Å². The zero-order valence-electron chi connectivity index (χ0n) is 17.1. The summed E-state index contributed by atoms with van der Waals surface area (Å²) in [4.78, 5) is 26.6. The summed E-state index contributed by atoms with van der Waals surface area (Å²) in [7, 11) is -3.67. The van der Waals surface area contributed by atoms with Gasteiger partial charge in [0.15, 0.2) is 0 Å². The van der Waals surface area contributed by atoms with Crippen LogP contribution >= 0.6 is 11.3 Å². The molecule has 0 atom stereocenters. The van der Waals surface area contributed by atoms with E-state index in [0.717, 1.165) is 4.88 Å². The first kappa shape index (κ1) is 22.5. The van der Waals surface area contributed by atoms with Gasteiger partial charge in [0.2, 0.25) is 15.9 Å². The Morgan fingerprint density at radius 2 is 1.80 bits per heavy atom. The van der Waals surface area contributed by atoms with Crippen molar-refractivity contribution in [2.75, 3.05) is 19.7 Å². The number of thiophene rings is 1. The minimum atomic E-state index is -3.67. The summed E-state index contributed by atoms with van der Waals surface area (Å²) in [5, 5.41) is 2.95. The number of hydrogen-bond donors (Lipinski definition) is 1. The highest BCUT2D eigenvalue weighted by atomic mass is 32.2. The zero-order chi connectivity index (χ0) is 21.7. The van der Waals surface area contributed by atoms with Crippen LogP contribution in [0.2, 0.25) is 0 Å². The Morgan fingerprint density at radius 1 is 1.13 bits per heavy atom. The number of ether oxygens (including phenoxy) is 1. The van der Waals surface area contributed by atoms with Crippen LogP contribution in [0.25, 0.3) is 0 Å². The molecule has 1 aromatic carbocycles. The van der Waals surface area contributed by atoms with Gasteiger partial charge in [-0.2, -0.15) is 4.31 Å². The number of carbonyl (C=O) groups is 2. The summed E-state index contributed by atoms with van der Waals surface area (Å²) >= 11 is 1.65. The van der Waals surface area contributed by atoms with E-state index in [-0.39, 0.29) is 36.4 Å². The van der Waals surface area contributed by atoms with Gasteiger partial charge in [-0.15, -0.1) is 11.3 Å². The van der Waals surface area contributed by atoms with E-state index in [1.807, 2.05) is 19.1 Å². The normalized spacial score (nSPS) is 15.7. The fourth-order valence-corrected chi connectivity index (χ4v) is 5.68. The van der Waals surface area contributed by atoms with E-state index in [0.29, 0.717) is 24.9 Å². The lowest BCUT2D eigenvalue weighted by Crippen LogP contribution is -2.42. The third-order valence-corrected chi connectivity index (χ3v) is 7.97. The Balaban J connectivity index is 1.55. The van der Waals surface area contributed by atoms with Crippen molar-refractivity contribution in [3.8, 4) is 0 Å². The molecular formula is C21H26N2O5S2. The van der Waals surface area contributed by atoms with Gasteiger partial charge in [0.05, 0.1) is 23.6 Å². The number of piperidine rings is 1. The lowest BCUT2D eigenvalue weighted by molar-refractivity contribution is -0.126. The molecule has 1 aliphatic heterocycles. The predicted molar refractivity (Wildman–Crippen MR) is 115 cm³/mol. The second-order valence-electron chi connectivity index (χ2n) is 7.15. The Bertz CT molecular complexity index is 991. The highest BCUT2D eigenvalue weighted by Crippen LogP contribution is 2.25. The second kappa shape index (κ2) is 9.72. The molecule has 1 aliphatic rings. The molecule has 0 saturated carbocycles. The Morgan fingerprint density at radius 3 is 2.37 bits per heavy atom. The van der Waals surface area contributed by atoms with E-state index < -0.39 is 16.0 Å². The van der Waals surface area contributed by atoms with E-state index in [1.165, 1.54) is 33.4 Å². The van der Waals surface area contributed by atoms with Crippen molar-refractivity contribution in [1.82, 2.24) is 9.62 Å². The monoisotopic (exact) mass is 450 g/mol. The highest BCUT2D eigenvalue weighted by molar-refractivity contribution is 7.89. The van der Waals surface area contributed by atoms with Crippen molar-refractivity contribution >= 4 is 33.2 Å². The molecule has 9 heteroatoms. The smallest absolute Gasteiger partial charge is 0.338 e. The summed E-state index contributed by atoms with van der Waals surface area (Å²) in [5.74, 6) is -0.702. The van der Waals surface area contributed by atoms with Crippen molar-refractivity contribution in [1.29, 1.82) is 0 Å². The fourth-order valence-electron chi connectivity index (χ4n) is 3.38. The number of sulfonamides is 1. The summed E-state index contributed by atoms with van der Waals surface area (Å²) in [6, 6.07) is 9.78. The number of hydrogen-bond acceptors (Lipinski definition) is 6. The standard InChI is InChI=1S/C21H26N2O5S2/c1-3-28-21(25)17-5-8-19(9-6-17)30(26,27)23-12-10-16(11-13-23)20(24)22-14-18-7-4-15(2)29-18/h4-9,16H,3,10-14H2,1-2H3,(H,22,24). The Kier molecular flexibility index (Phi) is 7.27. The third kappa shape index (κ3) is 5.27. The summed E-state index contributed by atoms with van der Waals surface area (Å²) in [5.41, 5.74) is 0.312. The van der Waals surface area contributed by atoms with Crippen molar-refractivity contribution in [3.05, 3.63) is 51.7 Å². The van der Waals surface area contributed by atoms with Crippen LogP contribution in [0.5, 0.6) is 0 Å². The molecule has 162 valence electrons. The van der Waals surface area contributed by atoms with Gasteiger partial charge in [-0.3, -0.25) is 4.79 Å². The number of nitrogens with zero attached hydrogens (tertiary/aromatic N) is 1. The molecule has 1 aromatic heterocycles. The molecule has 0 unspecified atom stereocenters. The predicted octanol–water partition coefficient (Wildman–Crippen LogP) is 2.95. The van der Waals surface area contributed by atoms with Crippen LogP contribution in [0.15, 0.2) is 41.3 Å². The molecular weight excluding hydrogens is 424 g/mol. The quantitative estimate of drug-likeness (QED) is 0.655. The van der Waals surface area contributed by atoms with Gasteiger partial charge in [0.1, 0.15) is 0 Å². The van der Waals surface area contributed by atoms with Crippen LogP contribution in [0, 0.1) is 12.8 Å². The van der Waals surface area contributed by atoms with E-state index >= 15 is 0 Å². The number of nitrogens with one attached hydrogen (secondary N) is 1. The van der Waals surface area contributed by atoms with Crippen molar-refractivity contribution in [3.63, 3.8) is 0 Å². The first-order chi connectivity index (χ1) is 14.3. The lowest BCUT2D eigenvalue weighted by Gasteiger charge is -2.30.